The van der Waals surface area contributed by atoms with Crippen LogP contribution in [0.4, 0.5) is 0 Å². The second-order valence-corrected chi connectivity index (χ2v) is 4.95. The van der Waals surface area contributed by atoms with E-state index in [9.17, 15) is 9.59 Å². The fraction of sp³-hybridized carbons (Fsp3) is 0. The predicted molar refractivity (Wildman–Crippen MR) is 87.7 cm³/mol. The van der Waals surface area contributed by atoms with E-state index in [4.69, 9.17) is 11.5 Å². The summed E-state index contributed by atoms with van der Waals surface area (Å²) in [6.45, 7) is 0. The van der Waals surface area contributed by atoms with Crippen molar-refractivity contribution in [3.8, 4) is 22.8 Å². The van der Waals surface area contributed by atoms with Crippen molar-refractivity contribution in [2.24, 2.45) is 11.5 Å². The first kappa shape index (κ1) is 15.3. The van der Waals surface area contributed by atoms with Crippen LogP contribution in [0.5, 0.6) is 0 Å². The number of hydrogen-bond acceptors (Lipinski definition) is 5. The van der Waals surface area contributed by atoms with E-state index in [-0.39, 0.29) is 11.4 Å². The summed E-state index contributed by atoms with van der Waals surface area (Å²) in [5.41, 5.74) is 13.0. The largest absolute Gasteiger partial charge is 0.364 e. The Morgan fingerprint density at radius 2 is 0.917 bits per heavy atom. The number of aromatic nitrogens is 3. The monoisotopic (exact) mass is 319 g/mol. The van der Waals surface area contributed by atoms with Gasteiger partial charge in [0.2, 0.25) is 0 Å². The van der Waals surface area contributed by atoms with Crippen LogP contribution < -0.4 is 11.5 Å². The Hall–Kier alpha value is -3.61. The van der Waals surface area contributed by atoms with Gasteiger partial charge in [0.1, 0.15) is 11.4 Å². The molecule has 3 aromatic rings. The Morgan fingerprint density at radius 1 is 0.583 bits per heavy atom. The lowest BCUT2D eigenvalue weighted by Crippen LogP contribution is -2.13. The van der Waals surface area contributed by atoms with Crippen LogP contribution in [0, 0.1) is 0 Å². The summed E-state index contributed by atoms with van der Waals surface area (Å²) in [5.74, 6) is -1.22. The van der Waals surface area contributed by atoms with Gasteiger partial charge in [-0.15, -0.1) is 0 Å². The number of hydrogen-bond donors (Lipinski definition) is 2. The molecule has 24 heavy (non-hydrogen) atoms. The average Bonchev–Trinajstić information content (AvgIpc) is 2.62. The first-order valence-electron chi connectivity index (χ1n) is 7.06. The van der Waals surface area contributed by atoms with Gasteiger partial charge in [-0.25, -0.2) is 15.0 Å². The Bertz CT molecular complexity index is 867. The van der Waals surface area contributed by atoms with Gasteiger partial charge in [-0.3, -0.25) is 9.59 Å². The van der Waals surface area contributed by atoms with Crippen LogP contribution >= 0.6 is 0 Å². The van der Waals surface area contributed by atoms with Crippen LogP contribution in [-0.4, -0.2) is 26.8 Å². The van der Waals surface area contributed by atoms with E-state index in [0.29, 0.717) is 22.8 Å². The summed E-state index contributed by atoms with van der Waals surface area (Å²) < 4.78 is 0. The molecular formula is C17H13N5O2. The summed E-state index contributed by atoms with van der Waals surface area (Å²) in [4.78, 5) is 35.4. The highest BCUT2D eigenvalue weighted by Gasteiger charge is 2.10. The van der Waals surface area contributed by atoms with Crippen molar-refractivity contribution in [3.05, 3.63) is 66.0 Å². The van der Waals surface area contributed by atoms with Crippen molar-refractivity contribution in [1.82, 2.24) is 15.0 Å². The number of nitrogens with zero attached hydrogens (tertiary/aromatic N) is 3. The van der Waals surface area contributed by atoms with E-state index >= 15 is 0 Å². The minimum Gasteiger partial charge on any atom is -0.364 e. The zero-order chi connectivity index (χ0) is 17.1. The highest BCUT2D eigenvalue weighted by Crippen LogP contribution is 2.20. The average molecular weight is 319 g/mol. The van der Waals surface area contributed by atoms with Crippen molar-refractivity contribution in [2.75, 3.05) is 0 Å². The van der Waals surface area contributed by atoms with Crippen molar-refractivity contribution in [3.63, 3.8) is 0 Å². The molecule has 118 valence electrons. The molecule has 0 fully saturated rings. The lowest BCUT2D eigenvalue weighted by atomic mass is 10.2. The minimum atomic E-state index is -0.608. The van der Waals surface area contributed by atoms with Gasteiger partial charge in [-0.05, 0) is 36.4 Å². The third-order valence-corrected chi connectivity index (χ3v) is 3.28. The molecule has 0 saturated carbocycles. The number of pyridine rings is 3. The zero-order valence-electron chi connectivity index (χ0n) is 12.5. The molecule has 7 heteroatoms. The predicted octanol–water partition coefficient (Wildman–Crippen LogP) is 1.40. The molecule has 3 heterocycles. The van der Waals surface area contributed by atoms with Gasteiger partial charge < -0.3 is 11.5 Å². The van der Waals surface area contributed by atoms with Gasteiger partial charge in [0.05, 0.1) is 22.8 Å². The summed E-state index contributed by atoms with van der Waals surface area (Å²) >= 11 is 0. The molecule has 0 spiro atoms. The normalized spacial score (nSPS) is 10.3. The molecule has 0 aliphatic rings. The molecule has 0 aliphatic heterocycles. The molecule has 4 N–H and O–H groups in total. The van der Waals surface area contributed by atoms with Crippen LogP contribution in [0.3, 0.4) is 0 Å². The van der Waals surface area contributed by atoms with Crippen molar-refractivity contribution < 1.29 is 9.59 Å². The molecule has 0 unspecified atom stereocenters. The van der Waals surface area contributed by atoms with Crippen LogP contribution in [0.25, 0.3) is 22.8 Å². The van der Waals surface area contributed by atoms with Crippen LogP contribution in [-0.2, 0) is 0 Å². The molecule has 7 nitrogen and oxygen atoms in total. The fourth-order valence-corrected chi connectivity index (χ4v) is 2.15. The van der Waals surface area contributed by atoms with Gasteiger partial charge in [0.25, 0.3) is 11.8 Å². The van der Waals surface area contributed by atoms with Gasteiger partial charge in [0.15, 0.2) is 0 Å². The summed E-state index contributed by atoms with van der Waals surface area (Å²) in [6.07, 6.45) is 0. The Balaban J connectivity index is 2.04. The second-order valence-electron chi connectivity index (χ2n) is 4.95. The maximum absolute atomic E-state index is 11.3. The number of rotatable bonds is 4. The van der Waals surface area contributed by atoms with E-state index in [2.05, 4.69) is 15.0 Å². The van der Waals surface area contributed by atoms with Crippen LogP contribution in [0.2, 0.25) is 0 Å². The number of carbonyl (C=O) groups excluding carboxylic acids is 2. The molecule has 0 aliphatic carbocycles. The first-order valence-corrected chi connectivity index (χ1v) is 7.06. The second kappa shape index (κ2) is 6.25. The quantitative estimate of drug-likeness (QED) is 0.752. The fourth-order valence-electron chi connectivity index (χ4n) is 2.15. The third kappa shape index (κ3) is 3.09. The Morgan fingerprint density at radius 3 is 1.29 bits per heavy atom. The molecule has 2 amide bonds. The van der Waals surface area contributed by atoms with E-state index in [1.807, 2.05) is 0 Å². The van der Waals surface area contributed by atoms with Gasteiger partial charge in [-0.1, -0.05) is 18.2 Å². The molecule has 0 bridgehead atoms. The molecule has 0 radical (unpaired) electrons. The maximum Gasteiger partial charge on any atom is 0.267 e. The molecule has 0 aromatic carbocycles. The molecule has 0 atom stereocenters. The van der Waals surface area contributed by atoms with Crippen molar-refractivity contribution in [2.45, 2.75) is 0 Å². The first-order chi connectivity index (χ1) is 11.5. The highest BCUT2D eigenvalue weighted by atomic mass is 16.1. The van der Waals surface area contributed by atoms with Crippen molar-refractivity contribution >= 4 is 11.8 Å². The summed E-state index contributed by atoms with van der Waals surface area (Å²) in [7, 11) is 0. The van der Waals surface area contributed by atoms with Crippen LogP contribution in [0.1, 0.15) is 21.0 Å². The Labute approximate surface area is 137 Å². The topological polar surface area (TPSA) is 125 Å². The summed E-state index contributed by atoms with van der Waals surface area (Å²) in [6, 6.07) is 15.2. The van der Waals surface area contributed by atoms with Gasteiger partial charge in [0, 0.05) is 0 Å². The van der Waals surface area contributed by atoms with Crippen molar-refractivity contribution in [1.29, 1.82) is 0 Å². The van der Waals surface area contributed by atoms with Gasteiger partial charge in [-0.2, -0.15) is 0 Å². The summed E-state index contributed by atoms with van der Waals surface area (Å²) in [5, 5.41) is 0. The van der Waals surface area contributed by atoms with E-state index in [1.165, 1.54) is 12.1 Å². The number of carbonyl (C=O) groups is 2. The van der Waals surface area contributed by atoms with E-state index in [0.717, 1.165) is 0 Å². The highest BCUT2D eigenvalue weighted by molar-refractivity contribution is 5.91. The standard InChI is InChI=1S/C17H13N5O2/c18-16(23)14-8-2-6-12(21-14)10-4-1-5-11(20-10)13-7-3-9-15(22-13)17(19)24/h1-9H,(H2,18,23)(H2,19,24). The van der Waals surface area contributed by atoms with E-state index < -0.39 is 11.8 Å². The Kier molecular flexibility index (Phi) is 3.98. The minimum absolute atomic E-state index is 0.161. The smallest absolute Gasteiger partial charge is 0.267 e. The number of amides is 2. The molecule has 3 aromatic heterocycles. The number of nitrogens with two attached hydrogens (primary N) is 2. The van der Waals surface area contributed by atoms with E-state index in [1.54, 1.807) is 42.5 Å². The van der Waals surface area contributed by atoms with Crippen LogP contribution in [0.15, 0.2) is 54.6 Å². The molecule has 0 saturated heterocycles. The maximum atomic E-state index is 11.3. The molecule has 3 rings (SSSR count). The zero-order valence-corrected chi connectivity index (χ0v) is 12.5. The molecular weight excluding hydrogens is 306 g/mol. The van der Waals surface area contributed by atoms with Gasteiger partial charge >= 0.3 is 0 Å². The lowest BCUT2D eigenvalue weighted by molar-refractivity contribution is 0.0987. The third-order valence-electron chi connectivity index (χ3n) is 3.28. The number of primary amides is 2. The lowest BCUT2D eigenvalue weighted by Gasteiger charge is -2.06. The SMILES string of the molecule is NC(=O)c1cccc(-c2cccc(-c3cccc(C(N)=O)n3)n2)n1.